The first kappa shape index (κ1) is 30.5. The highest BCUT2D eigenvalue weighted by Crippen LogP contribution is 2.35. The Morgan fingerprint density at radius 3 is 1.49 bits per heavy atom. The molecule has 0 unspecified atom stereocenters. The maximum Gasteiger partial charge on any atom is 0.314 e. The van der Waals surface area contributed by atoms with Crippen LogP contribution in [0.15, 0.2) is 11.8 Å². The highest BCUT2D eigenvalue weighted by atomic mass is 16.7. The van der Waals surface area contributed by atoms with Crippen LogP contribution in [0.2, 0.25) is 0 Å². The molecule has 0 aromatic heterocycles. The van der Waals surface area contributed by atoms with Gasteiger partial charge in [-0.05, 0) is 89.2 Å². The van der Waals surface area contributed by atoms with Crippen LogP contribution in [0, 0.1) is 21.7 Å². The van der Waals surface area contributed by atoms with Gasteiger partial charge in [-0.25, -0.2) is 0 Å². The molecule has 1 saturated heterocycles. The number of carbonyl (C=O) groups is 4. The maximum absolute atomic E-state index is 12.8. The monoisotopic (exact) mass is 498 g/mol. The van der Waals surface area contributed by atoms with Crippen molar-refractivity contribution in [1.29, 1.82) is 0 Å². The minimum Gasteiger partial charge on any atom is -0.461 e. The lowest BCUT2D eigenvalue weighted by Crippen LogP contribution is -2.44. The van der Waals surface area contributed by atoms with Gasteiger partial charge in [0.2, 0.25) is 12.2 Å². The van der Waals surface area contributed by atoms with Crippen LogP contribution in [-0.4, -0.2) is 49.0 Å². The molecule has 0 N–H and O–H groups in total. The second kappa shape index (κ2) is 10.6. The van der Waals surface area contributed by atoms with Crippen molar-refractivity contribution < 1.29 is 42.9 Å². The van der Waals surface area contributed by atoms with Crippen molar-refractivity contribution >= 4 is 23.9 Å². The number of esters is 4. The fourth-order valence-corrected chi connectivity index (χ4v) is 2.36. The van der Waals surface area contributed by atoms with Gasteiger partial charge in [0, 0.05) is 0 Å². The van der Waals surface area contributed by atoms with E-state index >= 15 is 0 Å². The van der Waals surface area contributed by atoms with Crippen LogP contribution in [-0.2, 0) is 42.9 Å². The van der Waals surface area contributed by atoms with Crippen LogP contribution in [0.3, 0.4) is 0 Å². The molecule has 0 aromatic rings. The van der Waals surface area contributed by atoms with E-state index in [1.54, 1.807) is 83.1 Å². The summed E-state index contributed by atoms with van der Waals surface area (Å²) in [4.78, 5) is 50.3. The molecule has 0 radical (unpaired) electrons. The minimum atomic E-state index is -1.37. The van der Waals surface area contributed by atoms with Crippen molar-refractivity contribution in [3.05, 3.63) is 11.8 Å². The lowest BCUT2D eigenvalue weighted by atomic mass is 9.96. The van der Waals surface area contributed by atoms with Gasteiger partial charge in [0.15, 0.2) is 0 Å². The highest BCUT2D eigenvalue weighted by Gasteiger charge is 2.51. The van der Waals surface area contributed by atoms with Gasteiger partial charge in [0.25, 0.3) is 6.29 Å². The van der Waals surface area contributed by atoms with Crippen LogP contribution in [0.25, 0.3) is 0 Å². The van der Waals surface area contributed by atoms with Crippen molar-refractivity contribution in [2.24, 2.45) is 21.7 Å². The second-order valence-corrected chi connectivity index (χ2v) is 12.8. The Bertz CT molecular complexity index is 842. The molecule has 0 bridgehead atoms. The molecule has 0 amide bonds. The highest BCUT2D eigenvalue weighted by molar-refractivity contribution is 5.78. The van der Waals surface area contributed by atoms with Crippen LogP contribution >= 0.6 is 0 Å². The third kappa shape index (κ3) is 8.85. The normalized spacial score (nSPS) is 22.3. The molecule has 1 rings (SSSR count). The summed E-state index contributed by atoms with van der Waals surface area (Å²) in [6, 6.07) is 0. The van der Waals surface area contributed by atoms with E-state index in [2.05, 4.69) is 0 Å². The van der Waals surface area contributed by atoms with Gasteiger partial charge in [-0.3, -0.25) is 19.2 Å². The van der Waals surface area contributed by atoms with E-state index in [0.717, 1.165) is 0 Å². The van der Waals surface area contributed by atoms with Crippen LogP contribution in [0.1, 0.15) is 83.1 Å². The molecule has 1 aliphatic rings. The van der Waals surface area contributed by atoms with E-state index in [9.17, 15) is 19.2 Å². The summed E-state index contributed by atoms with van der Waals surface area (Å²) in [5.74, 6) is -2.16. The molecule has 1 aliphatic heterocycles. The molecule has 3 atom stereocenters. The molecule has 9 heteroatoms. The van der Waals surface area contributed by atoms with Crippen molar-refractivity contribution in [1.82, 2.24) is 0 Å². The quantitative estimate of drug-likeness (QED) is 0.404. The number of hydrogen-bond donors (Lipinski definition) is 0. The molecule has 9 nitrogen and oxygen atoms in total. The van der Waals surface area contributed by atoms with Crippen LogP contribution in [0.5, 0.6) is 0 Å². The third-order valence-corrected chi connectivity index (χ3v) is 4.75. The zero-order valence-corrected chi connectivity index (χ0v) is 23.2. The molecule has 1 fully saturated rings. The average Bonchev–Trinajstić information content (AvgIpc) is 2.95. The Balaban J connectivity index is 3.39. The Morgan fingerprint density at radius 1 is 0.657 bits per heavy atom. The predicted octanol–water partition coefficient (Wildman–Crippen LogP) is 4.32. The Labute approximate surface area is 208 Å². The lowest BCUT2D eigenvalue weighted by Gasteiger charge is -2.28. The fraction of sp³-hybridized carbons (Fsp3) is 0.769. The zero-order chi connectivity index (χ0) is 27.6. The van der Waals surface area contributed by atoms with E-state index in [-0.39, 0.29) is 12.4 Å². The van der Waals surface area contributed by atoms with E-state index in [0.29, 0.717) is 0 Å². The number of carbonyl (C=O) groups excluding carboxylic acids is 4. The predicted molar refractivity (Wildman–Crippen MR) is 128 cm³/mol. The number of hydrogen-bond acceptors (Lipinski definition) is 9. The summed E-state index contributed by atoms with van der Waals surface area (Å²) in [5, 5.41) is 0. The molecular weight excluding hydrogens is 456 g/mol. The molecule has 1 heterocycles. The standard InChI is InChI=1S/C26H42O9/c1-23(2,3)19(27)31-14-13-15-16(33-20(28)24(4,5)6)17(34-21(29)25(7,8)9)18(32-15)35-22(30)26(10,11)12/h13,16-18H,14H2,1-12H3/b15-13-/t16-,17+,18-/m0/s1. The van der Waals surface area contributed by atoms with Gasteiger partial charge in [-0.15, -0.1) is 0 Å². The molecule has 0 aliphatic carbocycles. The Kier molecular flexibility index (Phi) is 9.21. The van der Waals surface area contributed by atoms with E-state index < -0.39 is 64.0 Å². The van der Waals surface area contributed by atoms with E-state index in [1.807, 2.05) is 0 Å². The van der Waals surface area contributed by atoms with Gasteiger partial charge in [-0.1, -0.05) is 0 Å². The van der Waals surface area contributed by atoms with Gasteiger partial charge < -0.3 is 23.7 Å². The summed E-state index contributed by atoms with van der Waals surface area (Å²) in [7, 11) is 0. The minimum absolute atomic E-state index is 0.0581. The van der Waals surface area contributed by atoms with E-state index in [1.165, 1.54) is 6.08 Å². The SMILES string of the molecule is CC(C)(C)C(=O)OC/C=C1\O[C@@H](OC(=O)C(C)(C)C)[C@H](OC(=O)C(C)(C)C)[C@H]1OC(=O)C(C)(C)C. The van der Waals surface area contributed by atoms with Crippen LogP contribution in [0.4, 0.5) is 0 Å². The fourth-order valence-electron chi connectivity index (χ4n) is 2.36. The first-order chi connectivity index (χ1) is 15.5. The zero-order valence-electron chi connectivity index (χ0n) is 23.2. The van der Waals surface area contributed by atoms with Gasteiger partial charge in [0.1, 0.15) is 12.4 Å². The smallest absolute Gasteiger partial charge is 0.314 e. The van der Waals surface area contributed by atoms with Crippen LogP contribution < -0.4 is 0 Å². The molecule has 35 heavy (non-hydrogen) atoms. The van der Waals surface area contributed by atoms with Crippen molar-refractivity contribution in [3.63, 3.8) is 0 Å². The second-order valence-electron chi connectivity index (χ2n) is 12.8. The largest absolute Gasteiger partial charge is 0.461 e. The summed E-state index contributed by atoms with van der Waals surface area (Å²) in [5.41, 5.74) is -3.34. The molecule has 0 saturated carbocycles. The van der Waals surface area contributed by atoms with Gasteiger partial charge in [0.05, 0.1) is 21.7 Å². The lowest BCUT2D eigenvalue weighted by molar-refractivity contribution is -0.203. The molecular formula is C26H42O9. The maximum atomic E-state index is 12.8. The number of rotatable bonds is 5. The molecule has 0 spiro atoms. The molecule has 0 aromatic carbocycles. The van der Waals surface area contributed by atoms with Gasteiger partial charge >= 0.3 is 23.9 Å². The summed E-state index contributed by atoms with van der Waals surface area (Å²) >= 11 is 0. The summed E-state index contributed by atoms with van der Waals surface area (Å²) in [6.07, 6.45) is -2.43. The third-order valence-electron chi connectivity index (χ3n) is 4.75. The van der Waals surface area contributed by atoms with E-state index in [4.69, 9.17) is 23.7 Å². The average molecular weight is 499 g/mol. The first-order valence-corrected chi connectivity index (χ1v) is 11.7. The topological polar surface area (TPSA) is 114 Å². The molecule has 200 valence electrons. The summed E-state index contributed by atoms with van der Waals surface area (Å²) < 4.78 is 28.0. The Morgan fingerprint density at radius 2 is 1.06 bits per heavy atom. The Hall–Kier alpha value is -2.58. The van der Waals surface area contributed by atoms with Crippen molar-refractivity contribution in [2.75, 3.05) is 6.61 Å². The first-order valence-electron chi connectivity index (χ1n) is 11.7. The van der Waals surface area contributed by atoms with Crippen molar-refractivity contribution in [3.8, 4) is 0 Å². The van der Waals surface area contributed by atoms with Crippen molar-refractivity contribution in [2.45, 2.75) is 102 Å². The summed E-state index contributed by atoms with van der Waals surface area (Å²) in [6.45, 7) is 20.0. The van der Waals surface area contributed by atoms with Gasteiger partial charge in [-0.2, -0.15) is 0 Å². The number of ether oxygens (including phenoxy) is 5.